The van der Waals surface area contributed by atoms with Crippen LogP contribution in [0.3, 0.4) is 0 Å². The maximum absolute atomic E-state index is 13.4. The van der Waals surface area contributed by atoms with Gasteiger partial charge in [0.05, 0.1) is 17.6 Å². The number of fused-ring (bicyclic) bond motifs is 3. The van der Waals surface area contributed by atoms with E-state index < -0.39 is 5.97 Å². The molecule has 0 saturated carbocycles. The fraction of sp³-hybridized carbons (Fsp3) is 0.435. The van der Waals surface area contributed by atoms with Crippen LogP contribution < -0.4 is 10.3 Å². The molecule has 2 heterocycles. The average molecular weight is 427 g/mol. The van der Waals surface area contributed by atoms with Crippen molar-refractivity contribution in [1.82, 2.24) is 9.55 Å². The Balaban J connectivity index is 1.52. The lowest BCUT2D eigenvalue weighted by Crippen LogP contribution is -2.27. The Morgan fingerprint density at radius 3 is 2.67 bits per heavy atom. The summed E-state index contributed by atoms with van der Waals surface area (Å²) in [4.78, 5) is 31.4. The zero-order chi connectivity index (χ0) is 21.3. The number of benzene rings is 1. The molecule has 0 amide bonds. The van der Waals surface area contributed by atoms with E-state index in [1.54, 1.807) is 23.5 Å². The van der Waals surface area contributed by atoms with Gasteiger partial charge in [0.25, 0.3) is 5.56 Å². The molecular formula is C23H26N2O4S. The molecule has 2 aromatic heterocycles. The number of ether oxygens (including phenoxy) is 1. The lowest BCUT2D eigenvalue weighted by Gasteiger charge is -2.16. The highest BCUT2D eigenvalue weighted by Gasteiger charge is 2.22. The van der Waals surface area contributed by atoms with E-state index in [0.29, 0.717) is 25.3 Å². The highest BCUT2D eigenvalue weighted by molar-refractivity contribution is 7.18. The topological polar surface area (TPSA) is 81.4 Å². The van der Waals surface area contributed by atoms with Gasteiger partial charge in [-0.3, -0.25) is 9.36 Å². The average Bonchev–Trinajstić information content (AvgIpc) is 3.11. The molecule has 30 heavy (non-hydrogen) atoms. The summed E-state index contributed by atoms with van der Waals surface area (Å²) in [6.45, 7) is 5.12. The van der Waals surface area contributed by atoms with Gasteiger partial charge in [-0.25, -0.2) is 9.78 Å². The molecule has 0 saturated heterocycles. The van der Waals surface area contributed by atoms with Crippen molar-refractivity contribution in [2.24, 2.45) is 0 Å². The van der Waals surface area contributed by atoms with Crippen LogP contribution in [0.4, 0.5) is 0 Å². The summed E-state index contributed by atoms with van der Waals surface area (Å²) >= 11 is 1.69. The van der Waals surface area contributed by atoms with E-state index in [4.69, 9.17) is 14.8 Å². The fourth-order valence-electron chi connectivity index (χ4n) is 4.02. The quantitative estimate of drug-likeness (QED) is 0.557. The number of thiophene rings is 1. The lowest BCUT2D eigenvalue weighted by molar-refractivity contribution is 0.0697. The van der Waals surface area contributed by atoms with Crippen LogP contribution in [0.1, 0.15) is 65.7 Å². The SMILES string of the molecule is CC(C)c1nc2sc3c(c2c(=O)n1CCCOc1ccc(C(=O)O)cc1)CCCC3. The second-order valence-electron chi connectivity index (χ2n) is 8.00. The Kier molecular flexibility index (Phi) is 5.90. The lowest BCUT2D eigenvalue weighted by atomic mass is 9.97. The van der Waals surface area contributed by atoms with Gasteiger partial charge in [0.1, 0.15) is 16.4 Å². The van der Waals surface area contributed by atoms with Gasteiger partial charge < -0.3 is 9.84 Å². The van der Waals surface area contributed by atoms with E-state index in [2.05, 4.69) is 13.8 Å². The van der Waals surface area contributed by atoms with Crippen LogP contribution in [0.5, 0.6) is 5.75 Å². The van der Waals surface area contributed by atoms with Crippen LogP contribution in [0, 0.1) is 0 Å². The number of aromatic nitrogens is 2. The third-order valence-electron chi connectivity index (χ3n) is 5.52. The maximum atomic E-state index is 13.4. The molecule has 0 atom stereocenters. The van der Waals surface area contributed by atoms with Crippen molar-refractivity contribution < 1.29 is 14.6 Å². The van der Waals surface area contributed by atoms with Crippen LogP contribution in [-0.4, -0.2) is 27.2 Å². The summed E-state index contributed by atoms with van der Waals surface area (Å²) in [6.07, 6.45) is 5.03. The monoisotopic (exact) mass is 426 g/mol. The number of hydrogen-bond donors (Lipinski definition) is 1. The highest BCUT2D eigenvalue weighted by atomic mass is 32.1. The van der Waals surface area contributed by atoms with E-state index >= 15 is 0 Å². The third-order valence-corrected chi connectivity index (χ3v) is 6.70. The first-order valence-corrected chi connectivity index (χ1v) is 11.3. The summed E-state index contributed by atoms with van der Waals surface area (Å²) in [5, 5.41) is 9.79. The molecule has 4 rings (SSSR count). The number of carbonyl (C=O) groups is 1. The van der Waals surface area contributed by atoms with Crippen LogP contribution >= 0.6 is 11.3 Å². The minimum atomic E-state index is -0.958. The summed E-state index contributed by atoms with van der Waals surface area (Å²) in [5.74, 6) is 0.653. The van der Waals surface area contributed by atoms with Gasteiger partial charge in [-0.05, 0) is 61.9 Å². The van der Waals surface area contributed by atoms with E-state index in [0.717, 1.165) is 35.3 Å². The Hall–Kier alpha value is -2.67. The van der Waals surface area contributed by atoms with Gasteiger partial charge in [-0.2, -0.15) is 0 Å². The van der Waals surface area contributed by atoms with Crippen molar-refractivity contribution in [1.29, 1.82) is 0 Å². The first-order valence-electron chi connectivity index (χ1n) is 10.5. The zero-order valence-corrected chi connectivity index (χ0v) is 18.1. The van der Waals surface area contributed by atoms with Gasteiger partial charge in [-0.15, -0.1) is 11.3 Å². The highest BCUT2D eigenvalue weighted by Crippen LogP contribution is 2.34. The van der Waals surface area contributed by atoms with Crippen molar-refractivity contribution in [2.45, 2.75) is 58.4 Å². The largest absolute Gasteiger partial charge is 0.494 e. The molecule has 0 unspecified atom stereocenters. The van der Waals surface area contributed by atoms with E-state index in [1.807, 2.05) is 4.57 Å². The van der Waals surface area contributed by atoms with Crippen molar-refractivity contribution in [3.8, 4) is 5.75 Å². The Morgan fingerprint density at radius 2 is 1.97 bits per heavy atom. The number of rotatable bonds is 7. The molecule has 0 aliphatic heterocycles. The molecule has 0 bridgehead atoms. The number of aryl methyl sites for hydroxylation is 2. The van der Waals surface area contributed by atoms with Crippen LogP contribution in [0.25, 0.3) is 10.2 Å². The van der Waals surface area contributed by atoms with E-state index in [9.17, 15) is 9.59 Å². The predicted octanol–water partition coefficient (Wildman–Crippen LogP) is 4.63. The summed E-state index contributed by atoms with van der Waals surface area (Å²) in [6, 6.07) is 6.36. The molecule has 7 heteroatoms. The second-order valence-corrected chi connectivity index (χ2v) is 9.09. The summed E-state index contributed by atoms with van der Waals surface area (Å²) in [5.41, 5.74) is 1.53. The predicted molar refractivity (Wildman–Crippen MR) is 118 cm³/mol. The number of hydrogen-bond acceptors (Lipinski definition) is 5. The van der Waals surface area contributed by atoms with Crippen molar-refractivity contribution in [2.75, 3.05) is 6.61 Å². The maximum Gasteiger partial charge on any atom is 0.335 e. The van der Waals surface area contributed by atoms with Gasteiger partial charge in [0, 0.05) is 17.3 Å². The molecular weight excluding hydrogens is 400 g/mol. The summed E-state index contributed by atoms with van der Waals surface area (Å²) in [7, 11) is 0. The molecule has 0 radical (unpaired) electrons. The van der Waals surface area contributed by atoms with E-state index in [-0.39, 0.29) is 17.0 Å². The van der Waals surface area contributed by atoms with Crippen molar-refractivity contribution in [3.63, 3.8) is 0 Å². The zero-order valence-electron chi connectivity index (χ0n) is 17.3. The van der Waals surface area contributed by atoms with Crippen molar-refractivity contribution >= 4 is 27.5 Å². The Morgan fingerprint density at radius 1 is 1.23 bits per heavy atom. The molecule has 6 nitrogen and oxygen atoms in total. The van der Waals surface area contributed by atoms with Gasteiger partial charge >= 0.3 is 5.97 Å². The van der Waals surface area contributed by atoms with Crippen LogP contribution in [0.15, 0.2) is 29.1 Å². The molecule has 1 aliphatic carbocycles. The van der Waals surface area contributed by atoms with Gasteiger partial charge in [0.15, 0.2) is 0 Å². The number of carboxylic acid groups (broad SMARTS) is 1. The van der Waals surface area contributed by atoms with E-state index in [1.165, 1.54) is 29.0 Å². The molecule has 1 aliphatic rings. The van der Waals surface area contributed by atoms with Crippen LogP contribution in [-0.2, 0) is 19.4 Å². The molecule has 0 spiro atoms. The fourth-order valence-corrected chi connectivity index (χ4v) is 5.28. The smallest absolute Gasteiger partial charge is 0.335 e. The first-order chi connectivity index (χ1) is 14.5. The minimum Gasteiger partial charge on any atom is -0.494 e. The van der Waals surface area contributed by atoms with Gasteiger partial charge in [0.2, 0.25) is 0 Å². The van der Waals surface area contributed by atoms with Gasteiger partial charge in [-0.1, -0.05) is 13.8 Å². The number of aromatic carboxylic acids is 1. The molecule has 0 fully saturated rings. The first kappa shape index (κ1) is 20.6. The normalized spacial score (nSPS) is 13.6. The number of nitrogens with zero attached hydrogens (tertiary/aromatic N) is 2. The molecule has 1 aromatic carbocycles. The second kappa shape index (κ2) is 8.60. The number of carboxylic acids is 1. The van der Waals surface area contributed by atoms with Crippen molar-refractivity contribution in [3.05, 3.63) is 56.4 Å². The van der Waals surface area contributed by atoms with Crippen LogP contribution in [0.2, 0.25) is 0 Å². The molecule has 1 N–H and O–H groups in total. The molecule has 158 valence electrons. The minimum absolute atomic E-state index is 0.0777. The molecule has 3 aromatic rings. The Labute approximate surface area is 179 Å². The third kappa shape index (κ3) is 3.99. The summed E-state index contributed by atoms with van der Waals surface area (Å²) < 4.78 is 7.56. The standard InChI is InChI=1S/C23H26N2O4S/c1-14(2)20-24-21-19(17-6-3-4-7-18(17)30-21)22(26)25(20)12-5-13-29-16-10-8-15(9-11-16)23(27)28/h8-11,14H,3-7,12-13H2,1-2H3,(H,27,28). The Bertz CT molecular complexity index is 1130.